The summed E-state index contributed by atoms with van der Waals surface area (Å²) in [6, 6.07) is 6.65. The summed E-state index contributed by atoms with van der Waals surface area (Å²) in [4.78, 5) is 87.9. The second kappa shape index (κ2) is 17.9. The molecule has 1 atom stereocenters. The molecular weight excluding hydrogens is 792 g/mol. The lowest BCUT2D eigenvalue weighted by molar-refractivity contribution is -0.136. The van der Waals surface area contributed by atoms with Crippen LogP contribution < -0.4 is 30.9 Å². The number of carbonyl (C=O) groups is 5. The van der Waals surface area contributed by atoms with Crippen molar-refractivity contribution in [3.8, 4) is 5.75 Å². The first-order chi connectivity index (χ1) is 29.5. The molecule has 0 bridgehead atoms. The molecule has 19 nitrogen and oxygen atoms in total. The maximum atomic E-state index is 15.1. The number of hydrogen-bond donors (Lipinski definition) is 5. The molecular formula is C41H47FN12O7. The molecule has 0 aliphatic carbocycles. The van der Waals surface area contributed by atoms with Crippen LogP contribution in [0, 0.1) is 5.82 Å². The number of aromatic nitrogens is 6. The van der Waals surface area contributed by atoms with Gasteiger partial charge in [-0.15, -0.1) is 0 Å². The molecule has 320 valence electrons. The number of halogens is 1. The number of imide groups is 2. The Bertz CT molecular complexity index is 2500. The second-order valence-electron chi connectivity index (χ2n) is 15.4. The van der Waals surface area contributed by atoms with Crippen molar-refractivity contribution in [2.45, 2.75) is 71.0 Å². The van der Waals surface area contributed by atoms with Crippen molar-refractivity contribution < 1.29 is 37.8 Å². The first-order valence-corrected chi connectivity index (χ1v) is 20.5. The van der Waals surface area contributed by atoms with E-state index in [1.54, 1.807) is 12.4 Å². The Morgan fingerprint density at radius 3 is 2.59 bits per heavy atom. The molecule has 2 fully saturated rings. The summed E-state index contributed by atoms with van der Waals surface area (Å²) >= 11 is 0. The van der Waals surface area contributed by atoms with Crippen LogP contribution in [-0.4, -0.2) is 116 Å². The quantitative estimate of drug-likeness (QED) is 0.0668. The van der Waals surface area contributed by atoms with Gasteiger partial charge in [-0.2, -0.15) is 9.97 Å². The van der Waals surface area contributed by atoms with Gasteiger partial charge in [0.25, 0.3) is 17.7 Å². The highest BCUT2D eigenvalue weighted by Crippen LogP contribution is 2.34. The van der Waals surface area contributed by atoms with Crippen LogP contribution in [-0.2, 0) is 25.7 Å². The van der Waals surface area contributed by atoms with Gasteiger partial charge in [0.1, 0.15) is 23.4 Å². The lowest BCUT2D eigenvalue weighted by Gasteiger charge is -2.27. The number of fused-ring (bicyclic) bond motifs is 3. The largest absolute Gasteiger partial charge is 0.483 e. The van der Waals surface area contributed by atoms with Crippen LogP contribution in [0.15, 0.2) is 36.7 Å². The Balaban J connectivity index is 0.768. The molecule has 3 aliphatic heterocycles. The molecule has 2 saturated heterocycles. The van der Waals surface area contributed by atoms with Gasteiger partial charge in [0, 0.05) is 44.7 Å². The van der Waals surface area contributed by atoms with Gasteiger partial charge in [0.2, 0.25) is 17.8 Å². The fourth-order valence-corrected chi connectivity index (χ4v) is 7.63. The molecule has 8 rings (SSSR count). The molecule has 3 aromatic heterocycles. The predicted molar refractivity (Wildman–Crippen MR) is 221 cm³/mol. The summed E-state index contributed by atoms with van der Waals surface area (Å²) in [6.45, 7) is 7.63. The van der Waals surface area contributed by atoms with E-state index in [1.807, 2.05) is 4.57 Å². The van der Waals surface area contributed by atoms with E-state index in [-0.39, 0.29) is 42.4 Å². The van der Waals surface area contributed by atoms with Gasteiger partial charge in [-0.25, -0.2) is 14.4 Å². The number of amides is 5. The predicted octanol–water partition coefficient (Wildman–Crippen LogP) is 3.44. The Morgan fingerprint density at radius 2 is 1.80 bits per heavy atom. The van der Waals surface area contributed by atoms with Crippen molar-refractivity contribution >= 4 is 69.2 Å². The normalized spacial score (nSPS) is 16.8. The molecule has 61 heavy (non-hydrogen) atoms. The van der Waals surface area contributed by atoms with Crippen molar-refractivity contribution in [3.63, 3.8) is 0 Å². The van der Waals surface area contributed by atoms with Gasteiger partial charge in [-0.3, -0.25) is 34.2 Å². The zero-order valence-electron chi connectivity index (χ0n) is 33.9. The Morgan fingerprint density at radius 1 is 1.00 bits per heavy atom. The molecule has 5 amide bonds. The number of aromatic amines is 1. The van der Waals surface area contributed by atoms with Gasteiger partial charge < -0.3 is 39.9 Å². The van der Waals surface area contributed by atoms with Crippen LogP contribution in [0.2, 0.25) is 0 Å². The highest BCUT2D eigenvalue weighted by Gasteiger charge is 2.46. The number of anilines is 3. The summed E-state index contributed by atoms with van der Waals surface area (Å²) in [6.07, 6.45) is 4.97. The first-order valence-electron chi connectivity index (χ1n) is 20.5. The number of imidazole rings is 2. The number of carbonyl (C=O) groups excluding carboxylic acids is 5. The molecule has 0 spiro atoms. The van der Waals surface area contributed by atoms with Gasteiger partial charge in [0.15, 0.2) is 23.6 Å². The van der Waals surface area contributed by atoms with E-state index in [0.717, 1.165) is 29.8 Å². The number of unbranched alkanes of at least 4 members (excludes halogenated alkanes) is 3. The van der Waals surface area contributed by atoms with Crippen molar-refractivity contribution in [1.29, 1.82) is 0 Å². The minimum Gasteiger partial charge on any atom is -0.483 e. The standard InChI is InChI=1S/C41H47FN12O7/c1-23(2)53-22-46-35-36(50-41(51-37(35)53)52-14-16-60-17-15-52)45-20-31-47-27-18-25(42)26(19-28(27)48-31)43-12-5-3-4-6-13-44-33(56)21-61-30-9-7-8-24-34(30)40(59)54(39(24)58)29-10-11-32(55)49-38(29)57/h7-9,18-19,22-23,29,43H,3-6,10-17,20-21H2,1-2H3,(H,44,56)(H,47,48)(H,45,50,51)(H,49,55,57). The number of H-pyrrole nitrogens is 1. The summed E-state index contributed by atoms with van der Waals surface area (Å²) in [7, 11) is 0. The fourth-order valence-electron chi connectivity index (χ4n) is 7.63. The molecule has 20 heteroatoms. The van der Waals surface area contributed by atoms with Crippen LogP contribution in [0.1, 0.15) is 85.0 Å². The SMILES string of the molecule is CC(C)n1cnc2c(NCc3nc4cc(NCCCCCCNC(=O)COc5cccc6c5C(=O)N(C5CCC(=O)NC5=O)C6=O)c(F)cc4[nH]3)nc(N3CCOCC3)nc21. The van der Waals surface area contributed by atoms with Crippen LogP contribution in [0.4, 0.5) is 21.8 Å². The van der Waals surface area contributed by atoms with Crippen molar-refractivity contribution in [2.75, 3.05) is 61.5 Å². The monoisotopic (exact) mass is 838 g/mol. The third-order valence-corrected chi connectivity index (χ3v) is 10.8. The number of rotatable bonds is 17. The Labute approximate surface area is 349 Å². The molecule has 3 aliphatic rings. The number of morpholine rings is 1. The number of nitrogens with one attached hydrogen (secondary N) is 5. The smallest absolute Gasteiger partial charge is 0.266 e. The van der Waals surface area contributed by atoms with E-state index in [4.69, 9.17) is 24.4 Å². The molecule has 1 unspecified atom stereocenters. The number of ether oxygens (including phenoxy) is 2. The lowest BCUT2D eigenvalue weighted by atomic mass is 10.0. The molecule has 2 aromatic carbocycles. The first kappa shape index (κ1) is 41.1. The van der Waals surface area contributed by atoms with E-state index < -0.39 is 41.4 Å². The van der Waals surface area contributed by atoms with Gasteiger partial charge in [-0.05, 0) is 51.3 Å². The van der Waals surface area contributed by atoms with E-state index >= 15 is 4.39 Å². The number of nitrogens with zero attached hydrogens (tertiary/aromatic N) is 7. The topological polar surface area (TPSA) is 231 Å². The zero-order valence-corrected chi connectivity index (χ0v) is 33.9. The van der Waals surface area contributed by atoms with E-state index in [2.05, 4.69) is 50.0 Å². The number of hydrogen-bond acceptors (Lipinski definition) is 14. The molecule has 0 radical (unpaired) electrons. The number of piperidine rings is 1. The third kappa shape index (κ3) is 8.79. The van der Waals surface area contributed by atoms with E-state index in [1.165, 1.54) is 24.3 Å². The van der Waals surface area contributed by atoms with Crippen molar-refractivity contribution in [1.82, 2.24) is 45.0 Å². The summed E-state index contributed by atoms with van der Waals surface area (Å²) in [5.41, 5.74) is 3.00. The summed E-state index contributed by atoms with van der Waals surface area (Å²) in [5, 5.41) is 11.5. The maximum absolute atomic E-state index is 15.1. The lowest BCUT2D eigenvalue weighted by Crippen LogP contribution is -2.54. The summed E-state index contributed by atoms with van der Waals surface area (Å²) in [5.74, 6) is -1.46. The average molecular weight is 839 g/mol. The Hall–Kier alpha value is -6.70. The molecule has 6 heterocycles. The third-order valence-electron chi connectivity index (χ3n) is 10.8. The van der Waals surface area contributed by atoms with Gasteiger partial charge >= 0.3 is 0 Å². The maximum Gasteiger partial charge on any atom is 0.266 e. The molecule has 5 aromatic rings. The minimum absolute atomic E-state index is 0.00899. The van der Waals surface area contributed by atoms with Crippen LogP contribution in [0.3, 0.4) is 0 Å². The highest BCUT2D eigenvalue weighted by atomic mass is 19.1. The van der Waals surface area contributed by atoms with Crippen molar-refractivity contribution in [3.05, 3.63) is 59.4 Å². The van der Waals surface area contributed by atoms with Gasteiger partial charge in [-0.1, -0.05) is 18.9 Å². The van der Waals surface area contributed by atoms with E-state index in [0.29, 0.717) is 92.2 Å². The zero-order chi connectivity index (χ0) is 42.6. The molecule has 0 saturated carbocycles. The average Bonchev–Trinajstić information content (AvgIpc) is 3.94. The molecule has 5 N–H and O–H groups in total. The van der Waals surface area contributed by atoms with Crippen LogP contribution in [0.25, 0.3) is 22.2 Å². The minimum atomic E-state index is -1.10. The van der Waals surface area contributed by atoms with Gasteiger partial charge in [0.05, 0.1) is 53.9 Å². The van der Waals surface area contributed by atoms with Crippen LogP contribution in [0.5, 0.6) is 5.75 Å². The fraction of sp³-hybridized carbons (Fsp3) is 0.439. The Kier molecular flexibility index (Phi) is 12.0. The highest BCUT2D eigenvalue weighted by molar-refractivity contribution is 6.24. The number of benzene rings is 2. The van der Waals surface area contributed by atoms with Crippen LogP contribution >= 0.6 is 0 Å². The second-order valence-corrected chi connectivity index (χ2v) is 15.4. The van der Waals surface area contributed by atoms with E-state index in [9.17, 15) is 24.0 Å². The summed E-state index contributed by atoms with van der Waals surface area (Å²) < 4.78 is 28.3. The van der Waals surface area contributed by atoms with Crippen molar-refractivity contribution in [2.24, 2.45) is 0 Å².